The molecule has 0 amide bonds. The number of allylic oxidation sites excluding steroid dienone is 5. The molecule has 0 aromatic carbocycles. The van der Waals surface area contributed by atoms with Crippen LogP contribution in [0.15, 0.2) is 36.4 Å². The molecule has 0 aromatic rings. The third-order valence-corrected chi connectivity index (χ3v) is 2.71. The van der Waals surface area contributed by atoms with Gasteiger partial charge in [0.05, 0.1) is 0 Å². The highest BCUT2D eigenvalue weighted by Crippen LogP contribution is 2.24. The van der Waals surface area contributed by atoms with Gasteiger partial charge in [-0.1, -0.05) is 44.7 Å². The van der Waals surface area contributed by atoms with Crippen LogP contribution in [0.3, 0.4) is 0 Å². The van der Waals surface area contributed by atoms with E-state index in [2.05, 4.69) is 38.7 Å². The fraction of sp³-hybridized carbons (Fsp3) is 0.571. The maximum Gasteiger partial charge on any atom is 0.493 e. The van der Waals surface area contributed by atoms with Gasteiger partial charge in [0, 0.05) is 18.6 Å². The lowest BCUT2D eigenvalue weighted by molar-refractivity contribution is 0.0325. The van der Waals surface area contributed by atoms with E-state index in [9.17, 15) is 0 Å². The van der Waals surface area contributed by atoms with Crippen molar-refractivity contribution in [3.63, 3.8) is 0 Å². The third-order valence-electron chi connectivity index (χ3n) is 2.71. The van der Waals surface area contributed by atoms with Gasteiger partial charge in [-0.05, 0) is 25.2 Å². The van der Waals surface area contributed by atoms with Crippen LogP contribution in [0.2, 0.25) is 0 Å². The lowest BCUT2D eigenvalue weighted by Crippen LogP contribution is -2.41. The van der Waals surface area contributed by atoms with Crippen molar-refractivity contribution in [2.24, 2.45) is 5.41 Å². The average Bonchev–Trinajstić information content (AvgIpc) is 2.30. The molecule has 0 saturated carbocycles. The Balaban J connectivity index is 2.48. The van der Waals surface area contributed by atoms with E-state index in [4.69, 9.17) is 9.31 Å². The molecule has 17 heavy (non-hydrogen) atoms. The molecule has 0 radical (unpaired) electrons. The zero-order valence-corrected chi connectivity index (χ0v) is 11.2. The van der Waals surface area contributed by atoms with Crippen molar-refractivity contribution in [1.82, 2.24) is 0 Å². The first-order valence-corrected chi connectivity index (χ1v) is 6.26. The monoisotopic (exact) mass is 234 g/mol. The van der Waals surface area contributed by atoms with Crippen molar-refractivity contribution >= 4 is 7.12 Å². The molecule has 0 N–H and O–H groups in total. The van der Waals surface area contributed by atoms with Gasteiger partial charge in [-0.2, -0.15) is 0 Å². The van der Waals surface area contributed by atoms with Crippen molar-refractivity contribution in [3.05, 3.63) is 36.4 Å². The molecule has 0 atom stereocenters. The van der Waals surface area contributed by atoms with Gasteiger partial charge in [0.15, 0.2) is 0 Å². The Morgan fingerprint density at radius 1 is 1.29 bits per heavy atom. The van der Waals surface area contributed by atoms with Crippen LogP contribution in [0.4, 0.5) is 0 Å². The molecule has 0 aromatic heterocycles. The summed E-state index contributed by atoms with van der Waals surface area (Å²) >= 11 is 0. The van der Waals surface area contributed by atoms with E-state index in [1.165, 1.54) is 0 Å². The second kappa shape index (κ2) is 6.82. The lowest BCUT2D eigenvalue weighted by atomic mass is 9.74. The lowest BCUT2D eigenvalue weighted by Gasteiger charge is -2.33. The summed E-state index contributed by atoms with van der Waals surface area (Å²) in [6.45, 7) is 11.6. The molecule has 0 aliphatic carbocycles. The van der Waals surface area contributed by atoms with Crippen LogP contribution in [-0.4, -0.2) is 20.3 Å². The molecule has 1 heterocycles. The summed E-state index contributed by atoms with van der Waals surface area (Å²) in [5.74, 6) is 0. The van der Waals surface area contributed by atoms with Gasteiger partial charge in [0.2, 0.25) is 0 Å². The van der Waals surface area contributed by atoms with E-state index < -0.39 is 0 Å². The summed E-state index contributed by atoms with van der Waals surface area (Å²) in [5.41, 5.74) is 1.17. The van der Waals surface area contributed by atoms with E-state index in [-0.39, 0.29) is 12.5 Å². The van der Waals surface area contributed by atoms with Crippen LogP contribution in [0.25, 0.3) is 0 Å². The summed E-state index contributed by atoms with van der Waals surface area (Å²) in [7, 11) is -0.230. The van der Waals surface area contributed by atoms with Crippen molar-refractivity contribution in [1.29, 1.82) is 0 Å². The highest BCUT2D eigenvalue weighted by Gasteiger charge is 2.33. The average molecular weight is 234 g/mol. The first-order valence-electron chi connectivity index (χ1n) is 6.26. The zero-order chi connectivity index (χ0) is 12.7. The maximum absolute atomic E-state index is 5.72. The molecule has 0 bridgehead atoms. The summed E-state index contributed by atoms with van der Waals surface area (Å²) in [4.78, 5) is 0. The summed E-state index contributed by atoms with van der Waals surface area (Å²) in [5, 5.41) is 0. The standard InChI is InChI=1S/C14H23BO2/c1-5-7-8-9-10-13(6-2)15-16-11-14(3,4)12-17-15/h5-7,10H,2,8-9,11-12H2,1,3-4H3/b7-5-,13-10+. The van der Waals surface area contributed by atoms with Crippen LogP contribution >= 0.6 is 0 Å². The fourth-order valence-electron chi connectivity index (χ4n) is 1.67. The summed E-state index contributed by atoms with van der Waals surface area (Å²) in [6, 6.07) is 0. The Morgan fingerprint density at radius 3 is 2.47 bits per heavy atom. The van der Waals surface area contributed by atoms with Crippen LogP contribution in [-0.2, 0) is 9.31 Å². The minimum Gasteiger partial charge on any atom is -0.407 e. The van der Waals surface area contributed by atoms with Gasteiger partial charge in [-0.25, -0.2) is 0 Å². The van der Waals surface area contributed by atoms with E-state index >= 15 is 0 Å². The fourth-order valence-corrected chi connectivity index (χ4v) is 1.67. The summed E-state index contributed by atoms with van der Waals surface area (Å²) < 4.78 is 11.4. The largest absolute Gasteiger partial charge is 0.493 e. The van der Waals surface area contributed by atoms with Crippen molar-refractivity contribution in [3.8, 4) is 0 Å². The minimum absolute atomic E-state index is 0.119. The molecule has 0 spiro atoms. The highest BCUT2D eigenvalue weighted by atomic mass is 16.6. The smallest absolute Gasteiger partial charge is 0.407 e. The van der Waals surface area contributed by atoms with Gasteiger partial charge >= 0.3 is 7.12 Å². The van der Waals surface area contributed by atoms with E-state index in [0.717, 1.165) is 31.5 Å². The molecular weight excluding hydrogens is 211 g/mol. The van der Waals surface area contributed by atoms with E-state index in [1.54, 1.807) is 0 Å². The molecule has 94 valence electrons. The Kier molecular flexibility index (Phi) is 5.73. The van der Waals surface area contributed by atoms with Crippen LogP contribution < -0.4 is 0 Å². The van der Waals surface area contributed by atoms with Crippen molar-refractivity contribution in [2.45, 2.75) is 33.6 Å². The normalized spacial score (nSPS) is 20.9. The van der Waals surface area contributed by atoms with Crippen molar-refractivity contribution < 1.29 is 9.31 Å². The Morgan fingerprint density at radius 2 is 1.94 bits per heavy atom. The Bertz CT molecular complexity index is 295. The molecule has 1 saturated heterocycles. The quantitative estimate of drug-likeness (QED) is 0.313. The van der Waals surface area contributed by atoms with Gasteiger partial charge in [-0.3, -0.25) is 0 Å². The number of hydrogen-bond acceptors (Lipinski definition) is 2. The van der Waals surface area contributed by atoms with Crippen molar-refractivity contribution in [2.75, 3.05) is 13.2 Å². The minimum atomic E-state index is -0.230. The second-order valence-corrected chi connectivity index (χ2v) is 5.17. The molecule has 3 heteroatoms. The predicted molar refractivity (Wildman–Crippen MR) is 73.8 cm³/mol. The number of rotatable bonds is 5. The third kappa shape index (κ3) is 4.92. The Labute approximate surface area is 106 Å². The molecule has 1 fully saturated rings. The van der Waals surface area contributed by atoms with E-state index in [1.807, 2.05) is 13.0 Å². The summed E-state index contributed by atoms with van der Waals surface area (Å²) in [6.07, 6.45) is 10.2. The molecule has 0 unspecified atom stereocenters. The highest BCUT2D eigenvalue weighted by molar-refractivity contribution is 6.54. The number of unbranched alkanes of at least 4 members (excludes halogenated alkanes) is 1. The molecule has 1 aliphatic heterocycles. The first-order chi connectivity index (χ1) is 8.09. The van der Waals surface area contributed by atoms with Gasteiger partial charge in [0.1, 0.15) is 0 Å². The molecule has 1 aliphatic rings. The number of hydrogen-bond donors (Lipinski definition) is 0. The topological polar surface area (TPSA) is 18.5 Å². The Hall–Kier alpha value is -0.795. The van der Waals surface area contributed by atoms with Gasteiger partial charge < -0.3 is 9.31 Å². The molecular formula is C14H23BO2. The molecule has 2 nitrogen and oxygen atoms in total. The van der Waals surface area contributed by atoms with Crippen LogP contribution in [0.1, 0.15) is 33.6 Å². The van der Waals surface area contributed by atoms with Crippen LogP contribution in [0.5, 0.6) is 0 Å². The van der Waals surface area contributed by atoms with Gasteiger partial charge in [-0.15, -0.1) is 0 Å². The second-order valence-electron chi connectivity index (χ2n) is 5.17. The maximum atomic E-state index is 5.72. The first kappa shape index (κ1) is 14.3. The van der Waals surface area contributed by atoms with Crippen LogP contribution in [0, 0.1) is 5.41 Å². The zero-order valence-electron chi connectivity index (χ0n) is 11.2. The SMILES string of the molecule is C=C/C(=C\CC/C=C\C)B1OCC(C)(C)CO1. The predicted octanol–water partition coefficient (Wildman–Crippen LogP) is 3.56. The van der Waals surface area contributed by atoms with E-state index in [0.29, 0.717) is 0 Å². The molecule has 1 rings (SSSR count). The van der Waals surface area contributed by atoms with Gasteiger partial charge in [0.25, 0.3) is 0 Å².